The van der Waals surface area contributed by atoms with E-state index in [4.69, 9.17) is 5.10 Å². The Kier molecular flexibility index (Phi) is 7.68. The summed E-state index contributed by atoms with van der Waals surface area (Å²) in [5.74, 6) is -0.113. The molecule has 1 fully saturated rings. The van der Waals surface area contributed by atoms with Gasteiger partial charge in [0.15, 0.2) is 0 Å². The van der Waals surface area contributed by atoms with Gasteiger partial charge in [-0.2, -0.15) is 5.10 Å². The highest BCUT2D eigenvalue weighted by atomic mass is 16.2. The van der Waals surface area contributed by atoms with E-state index in [0.29, 0.717) is 36.7 Å². The third-order valence-electron chi connectivity index (χ3n) is 8.23. The van der Waals surface area contributed by atoms with Gasteiger partial charge < -0.3 is 15.5 Å². The largest absolute Gasteiger partial charge is 0.349 e. The highest BCUT2D eigenvalue weighted by molar-refractivity contribution is 6.08. The molecule has 1 saturated carbocycles. The van der Waals surface area contributed by atoms with Crippen molar-refractivity contribution in [2.24, 2.45) is 0 Å². The number of fused-ring (bicyclic) bond motifs is 1. The molecule has 2 aromatic rings. The Morgan fingerprint density at radius 1 is 1.21 bits per heavy atom. The lowest BCUT2D eigenvalue weighted by atomic mass is 9.95. The fraction of sp³-hybridized carbons (Fsp3) is 0.533. The molecule has 2 N–H and O–H groups in total. The van der Waals surface area contributed by atoms with Crippen molar-refractivity contribution in [3.63, 3.8) is 0 Å². The van der Waals surface area contributed by atoms with Crippen LogP contribution in [0.3, 0.4) is 0 Å². The second kappa shape index (κ2) is 11.1. The molecule has 1 aromatic carbocycles. The molecule has 1 aromatic heterocycles. The number of nitrogens with zero attached hydrogens (tertiary/aromatic N) is 3. The molecular weight excluding hydrogens is 478 g/mol. The maximum Gasteiger partial charge on any atom is 0.252 e. The van der Waals surface area contributed by atoms with Gasteiger partial charge in [-0.1, -0.05) is 31.4 Å². The molecule has 8 nitrogen and oxygen atoms in total. The molecule has 3 amide bonds. The average Bonchev–Trinajstić information content (AvgIpc) is 3.57. The second-order valence-corrected chi connectivity index (χ2v) is 11.1. The number of hydrogen-bond acceptors (Lipinski definition) is 4. The maximum atomic E-state index is 13.6. The van der Waals surface area contributed by atoms with E-state index in [1.807, 2.05) is 37.9 Å². The Bertz CT molecular complexity index is 1310. The lowest BCUT2D eigenvalue weighted by Crippen LogP contribution is -2.41. The Hall–Kier alpha value is -3.42. The normalized spacial score (nSPS) is 20.6. The van der Waals surface area contributed by atoms with Crippen LogP contribution >= 0.6 is 0 Å². The zero-order valence-electron chi connectivity index (χ0n) is 22.8. The number of rotatable bonds is 7. The first-order valence-corrected chi connectivity index (χ1v) is 14.1. The summed E-state index contributed by atoms with van der Waals surface area (Å²) < 4.78 is 2.10. The summed E-state index contributed by atoms with van der Waals surface area (Å²) >= 11 is 0. The molecule has 2 aliphatic heterocycles. The van der Waals surface area contributed by atoms with E-state index >= 15 is 0 Å². The van der Waals surface area contributed by atoms with Crippen LogP contribution in [0, 0.1) is 0 Å². The zero-order chi connectivity index (χ0) is 26.8. The second-order valence-electron chi connectivity index (χ2n) is 11.1. The summed E-state index contributed by atoms with van der Waals surface area (Å²) in [6.07, 6.45) is 11.5. The third kappa shape index (κ3) is 5.26. The number of amides is 3. The highest BCUT2D eigenvalue weighted by Crippen LogP contribution is 2.35. The number of hydrogen-bond donors (Lipinski definition) is 2. The molecule has 3 aliphatic rings. The topological polar surface area (TPSA) is 96.3 Å². The van der Waals surface area contributed by atoms with Crippen molar-refractivity contribution in [1.29, 1.82) is 0 Å². The van der Waals surface area contributed by atoms with Crippen LogP contribution in [0.25, 0.3) is 16.5 Å². The predicted molar refractivity (Wildman–Crippen MR) is 149 cm³/mol. The molecule has 0 bridgehead atoms. The smallest absolute Gasteiger partial charge is 0.252 e. The van der Waals surface area contributed by atoms with Gasteiger partial charge in [0.1, 0.15) is 0 Å². The molecule has 1 aliphatic carbocycles. The van der Waals surface area contributed by atoms with Crippen LogP contribution in [0.2, 0.25) is 0 Å². The molecule has 1 atom stereocenters. The van der Waals surface area contributed by atoms with Crippen LogP contribution in [0.4, 0.5) is 0 Å². The first-order chi connectivity index (χ1) is 18.4. The Morgan fingerprint density at radius 2 is 2.00 bits per heavy atom. The van der Waals surface area contributed by atoms with E-state index in [1.54, 1.807) is 0 Å². The Balaban J connectivity index is 1.46. The third-order valence-corrected chi connectivity index (χ3v) is 8.23. The summed E-state index contributed by atoms with van der Waals surface area (Å²) in [7, 11) is 0. The quantitative estimate of drug-likeness (QED) is 0.564. The van der Waals surface area contributed by atoms with Gasteiger partial charge in [0.25, 0.3) is 5.91 Å². The van der Waals surface area contributed by atoms with Crippen LogP contribution in [0.1, 0.15) is 94.1 Å². The summed E-state index contributed by atoms with van der Waals surface area (Å²) in [6.45, 7) is 7.45. The minimum absolute atomic E-state index is 0.107. The fourth-order valence-electron chi connectivity index (χ4n) is 6.12. The van der Waals surface area contributed by atoms with Crippen molar-refractivity contribution in [3.8, 4) is 0 Å². The molecule has 0 saturated heterocycles. The first kappa shape index (κ1) is 26.2. The summed E-state index contributed by atoms with van der Waals surface area (Å²) in [5, 5.41) is 11.5. The highest BCUT2D eigenvalue weighted by Gasteiger charge is 2.26. The first-order valence-electron chi connectivity index (χ1n) is 14.1. The van der Waals surface area contributed by atoms with Crippen molar-refractivity contribution < 1.29 is 14.4 Å². The van der Waals surface area contributed by atoms with E-state index in [0.717, 1.165) is 59.7 Å². The molecule has 1 unspecified atom stereocenters. The monoisotopic (exact) mass is 517 g/mol. The lowest BCUT2D eigenvalue weighted by Gasteiger charge is -2.27. The van der Waals surface area contributed by atoms with E-state index < -0.39 is 0 Å². The molecule has 0 spiro atoms. The van der Waals surface area contributed by atoms with Crippen LogP contribution < -0.4 is 10.6 Å². The fourth-order valence-corrected chi connectivity index (χ4v) is 6.12. The Labute approximate surface area is 224 Å². The standard InChI is InChI=1S/C30H39N5O3/c1-4-7-28(36)34-12-10-21(11-13-34)22-15-24(26-18-32-35(27(26)16-22)23-8-5-6-9-23)29(37)31-17-25-19(2)14-20(3)33-30(25)38/h10,15-16,18,20,23H,4-9,11-14,17H2,1-3H3,(H,31,37)(H,33,38). The van der Waals surface area contributed by atoms with Crippen molar-refractivity contribution >= 4 is 34.2 Å². The predicted octanol–water partition coefficient (Wildman–Crippen LogP) is 4.52. The summed E-state index contributed by atoms with van der Waals surface area (Å²) in [6, 6.07) is 4.58. The molecular formula is C30H39N5O3. The summed E-state index contributed by atoms with van der Waals surface area (Å²) in [5.41, 5.74) is 5.37. The number of aromatic nitrogens is 2. The van der Waals surface area contributed by atoms with Gasteiger partial charge in [-0.3, -0.25) is 19.1 Å². The van der Waals surface area contributed by atoms with Crippen LogP contribution in [-0.2, 0) is 9.59 Å². The molecule has 3 heterocycles. The minimum atomic E-state index is -0.203. The van der Waals surface area contributed by atoms with E-state index in [-0.39, 0.29) is 30.3 Å². The van der Waals surface area contributed by atoms with Gasteiger partial charge in [-0.05, 0) is 69.2 Å². The van der Waals surface area contributed by atoms with Gasteiger partial charge >= 0.3 is 0 Å². The number of benzene rings is 1. The molecule has 0 radical (unpaired) electrons. The van der Waals surface area contributed by atoms with Gasteiger partial charge in [0, 0.05) is 43.1 Å². The van der Waals surface area contributed by atoms with Crippen molar-refractivity contribution in [2.45, 2.75) is 84.2 Å². The van der Waals surface area contributed by atoms with Gasteiger partial charge in [0.2, 0.25) is 11.8 Å². The molecule has 8 heteroatoms. The van der Waals surface area contributed by atoms with Crippen molar-refractivity contribution in [1.82, 2.24) is 25.3 Å². The number of carbonyl (C=O) groups is 3. The van der Waals surface area contributed by atoms with Gasteiger partial charge in [0.05, 0.1) is 23.3 Å². The average molecular weight is 518 g/mol. The molecule has 5 rings (SSSR count). The van der Waals surface area contributed by atoms with E-state index in [9.17, 15) is 14.4 Å². The van der Waals surface area contributed by atoms with Gasteiger partial charge in [-0.25, -0.2) is 0 Å². The molecule has 38 heavy (non-hydrogen) atoms. The lowest BCUT2D eigenvalue weighted by molar-refractivity contribution is -0.130. The zero-order valence-corrected chi connectivity index (χ0v) is 22.8. The summed E-state index contributed by atoms with van der Waals surface area (Å²) in [4.78, 5) is 40.4. The maximum absolute atomic E-state index is 13.6. The van der Waals surface area contributed by atoms with Crippen LogP contribution in [0.15, 0.2) is 35.6 Å². The number of carbonyl (C=O) groups excluding carboxylic acids is 3. The van der Waals surface area contributed by atoms with Crippen molar-refractivity contribution in [2.75, 3.05) is 19.6 Å². The van der Waals surface area contributed by atoms with Gasteiger partial charge in [-0.15, -0.1) is 0 Å². The Morgan fingerprint density at radius 3 is 2.68 bits per heavy atom. The number of nitrogens with one attached hydrogen (secondary N) is 2. The minimum Gasteiger partial charge on any atom is -0.349 e. The molecule has 202 valence electrons. The van der Waals surface area contributed by atoms with E-state index in [2.05, 4.69) is 27.5 Å². The SMILES string of the molecule is CCCC(=O)N1CC=C(c2cc(C(=O)NCC3=C(C)CC(C)NC3=O)c3cnn(C4CCCC4)c3c2)CC1. The van der Waals surface area contributed by atoms with E-state index in [1.165, 1.54) is 12.8 Å². The van der Waals surface area contributed by atoms with Crippen LogP contribution in [-0.4, -0.2) is 58.1 Å². The van der Waals surface area contributed by atoms with Crippen LogP contribution in [0.5, 0.6) is 0 Å². The van der Waals surface area contributed by atoms with Crippen molar-refractivity contribution in [3.05, 3.63) is 46.7 Å².